The minimum absolute atomic E-state index is 0.126. The molecule has 0 bridgehead atoms. The van der Waals surface area contributed by atoms with Gasteiger partial charge in [0.1, 0.15) is 88.0 Å². The van der Waals surface area contributed by atoms with Gasteiger partial charge >= 0.3 is 35.8 Å². The van der Waals surface area contributed by atoms with Crippen molar-refractivity contribution in [3.8, 4) is 69.8 Å². The number of esters is 6. The van der Waals surface area contributed by atoms with Gasteiger partial charge in [-0.15, -0.1) is 0 Å². The minimum atomic E-state index is -0.939. The Kier molecular flexibility index (Phi) is 35.1. The average molecular weight is 1570 g/mol. The number of para-hydroxylation sites is 6. The first-order valence-electron chi connectivity index (χ1n) is 33.8. The van der Waals surface area contributed by atoms with Gasteiger partial charge in [0.05, 0.1) is 101 Å². The third kappa shape index (κ3) is 23.6. The molecule has 600 valence electrons. The van der Waals surface area contributed by atoms with Crippen LogP contribution in [0.2, 0.25) is 0 Å². The molecule has 3 heterocycles. The highest BCUT2D eigenvalue weighted by Gasteiger charge is 2.37. The van der Waals surface area contributed by atoms with Crippen molar-refractivity contribution in [1.29, 1.82) is 0 Å². The second kappa shape index (κ2) is 45.6. The van der Waals surface area contributed by atoms with Crippen LogP contribution in [-0.2, 0) is 99.8 Å². The summed E-state index contributed by atoms with van der Waals surface area (Å²) in [6.07, 6.45) is 4.81. The molecule has 0 aliphatic heterocycles. The van der Waals surface area contributed by atoms with E-state index in [1.54, 1.807) is 146 Å². The maximum atomic E-state index is 12.6. The van der Waals surface area contributed by atoms with E-state index < -0.39 is 72.4 Å². The number of hydrogen-bond acceptors (Lipinski definition) is 33. The largest absolute Gasteiger partial charge is 0.503 e. The lowest BCUT2D eigenvalue weighted by molar-refractivity contribution is -0.164. The molecule has 0 saturated carbocycles. The van der Waals surface area contributed by atoms with Crippen LogP contribution in [0.3, 0.4) is 0 Å². The van der Waals surface area contributed by atoms with Crippen LogP contribution in [0.15, 0.2) is 202 Å². The highest BCUT2D eigenvalue weighted by Crippen LogP contribution is 2.41. The van der Waals surface area contributed by atoms with E-state index >= 15 is 0 Å². The van der Waals surface area contributed by atoms with Gasteiger partial charge in [-0.1, -0.05) is 109 Å². The van der Waals surface area contributed by atoms with E-state index in [2.05, 4.69) is 29.9 Å². The van der Waals surface area contributed by atoms with Crippen molar-refractivity contribution in [3.63, 3.8) is 0 Å². The van der Waals surface area contributed by atoms with Gasteiger partial charge in [-0.25, -0.2) is 44.3 Å². The Labute approximate surface area is 656 Å². The molecule has 114 heavy (non-hydrogen) atoms. The molecule has 0 spiro atoms. The first-order valence-corrected chi connectivity index (χ1v) is 33.8. The van der Waals surface area contributed by atoms with Crippen molar-refractivity contribution in [2.45, 2.75) is 36.6 Å². The van der Waals surface area contributed by atoms with Gasteiger partial charge in [0.25, 0.3) is 0 Å². The fraction of sp³-hybridized carbons (Fsp3) is 0.259. The predicted octanol–water partition coefficient (Wildman–Crippen LogP) is 12.3. The monoisotopic (exact) mass is 1570 g/mol. The van der Waals surface area contributed by atoms with Crippen molar-refractivity contribution >= 4 is 52.5 Å². The number of nitrogens with zero attached hydrogens (tertiary/aromatic N) is 6. The van der Waals surface area contributed by atoms with Gasteiger partial charge in [-0.2, -0.15) is 0 Å². The Balaban J connectivity index is 0.000000237. The molecule has 0 saturated heterocycles. The fourth-order valence-corrected chi connectivity index (χ4v) is 10.8. The molecular weight excluding hydrogens is 1490 g/mol. The number of methoxy groups -OCH3 is 15. The number of benzene rings is 6. The first-order chi connectivity index (χ1) is 55.4. The van der Waals surface area contributed by atoms with E-state index in [4.69, 9.17) is 99.5 Å². The summed E-state index contributed by atoms with van der Waals surface area (Å²) < 4.78 is 113. The molecular formula is C81H84N6O27. The molecule has 33 heteroatoms. The van der Waals surface area contributed by atoms with E-state index in [1.165, 1.54) is 163 Å². The van der Waals surface area contributed by atoms with Gasteiger partial charge in [0.15, 0.2) is 18.9 Å². The van der Waals surface area contributed by atoms with Gasteiger partial charge < -0.3 is 99.5 Å². The Morgan fingerprint density at radius 3 is 0.667 bits per heavy atom. The zero-order valence-corrected chi connectivity index (χ0v) is 64.7. The molecule has 9 aromatic rings. The molecule has 9 rings (SSSR count). The van der Waals surface area contributed by atoms with E-state index in [0.717, 1.165) is 0 Å². The first kappa shape index (κ1) is 87.8. The molecule has 3 unspecified atom stereocenters. The van der Waals surface area contributed by atoms with Crippen molar-refractivity contribution in [3.05, 3.63) is 235 Å². The number of carbonyl (C=O) groups is 6. The lowest BCUT2D eigenvalue weighted by Gasteiger charge is -2.25. The van der Waals surface area contributed by atoms with Crippen molar-refractivity contribution in [2.24, 2.45) is 0 Å². The third-order valence-electron chi connectivity index (χ3n) is 15.9. The number of ether oxygens (including phenoxy) is 21. The summed E-state index contributed by atoms with van der Waals surface area (Å²) in [7, 11) is 20.5. The fourth-order valence-electron chi connectivity index (χ4n) is 10.8. The van der Waals surface area contributed by atoms with E-state index in [9.17, 15) is 28.8 Å². The lowest BCUT2D eigenvalue weighted by atomic mass is 9.97. The zero-order chi connectivity index (χ0) is 82.5. The Morgan fingerprint density at radius 1 is 0.263 bits per heavy atom. The summed E-state index contributed by atoms with van der Waals surface area (Å²) in [5.74, 6) is -3.57. The Bertz CT molecular complexity index is 4570. The summed E-state index contributed by atoms with van der Waals surface area (Å²) >= 11 is 0. The smallest absolute Gasteiger partial charge is 0.341 e. The molecule has 3 aromatic heterocycles. The van der Waals surface area contributed by atoms with Gasteiger partial charge in [0.2, 0.25) is 35.3 Å². The van der Waals surface area contributed by atoms with Crippen molar-refractivity contribution < 1.29 is 128 Å². The topological polar surface area (TPSA) is 374 Å². The molecule has 0 aliphatic carbocycles. The van der Waals surface area contributed by atoms with Crippen LogP contribution in [0.1, 0.15) is 51.1 Å². The average Bonchev–Trinajstić information content (AvgIpc) is 0.802. The maximum Gasteiger partial charge on any atom is 0.341 e. The summed E-state index contributed by atoms with van der Waals surface area (Å²) in [5, 5.41) is 0. The van der Waals surface area contributed by atoms with E-state index in [1.807, 2.05) is 0 Å². The SMILES string of the molecule is CO/C=C(/C(=O)OC)c1ccccc1Oc1cc(Oc2ccccc2/C(=C\OC)C(=O)OC)ncn1.CO/C=C(/C(=O)OC)c1ccccc1Oc1cc(Oc2ccccc2C(C(=O)OC)C(OC)OC)ncn1.COC(=O)C(c1ccccc1Oc1cc(Oc2ccccc2C(C(=O)OC)C(OC)OC)ncn1)C(OC)OC. The highest BCUT2D eigenvalue weighted by molar-refractivity contribution is 6.18. The van der Waals surface area contributed by atoms with Crippen LogP contribution < -0.4 is 28.4 Å². The standard InChI is InChI=1S/C28H32N2O10.C27H28N2O9.C26H24N2O8/c1-33-25(31)23(27(35-3)36-4)17-11-7-9-13-19(17)39-21-15-22(30-16-29-21)40-20-14-10-8-12-18(20)24(26(32)34-2)28(37-5)38-6;1-32-15-19(25(30)33-2)17-10-6-8-12-20(17)37-22-14-23(29-16-28-22)38-21-13-9-7-11-18(21)24(26(31)34-3)27(35-4)36-5;1-31-14-19(25(29)33-3)17-9-5-7-11-21(17)35-23-13-24(28-16-27-23)36-22-12-8-6-10-18(22)20(15-32-2)26(30)34-4/h7-16,23-24,27-28H,1-6H3;6-16,24,27H,1-5H3;5-16H,1-4H3/b;19-15+;19-14+,20-15+. The Morgan fingerprint density at radius 2 is 0.465 bits per heavy atom. The van der Waals surface area contributed by atoms with E-state index in [0.29, 0.717) is 67.9 Å². The van der Waals surface area contributed by atoms with Crippen LogP contribution in [-0.4, -0.2) is 191 Å². The zero-order valence-electron chi connectivity index (χ0n) is 64.7. The molecule has 0 amide bonds. The Hall–Kier alpha value is -13.4. The molecule has 3 atom stereocenters. The minimum Gasteiger partial charge on any atom is -0.503 e. The molecule has 0 radical (unpaired) electrons. The van der Waals surface area contributed by atoms with Crippen molar-refractivity contribution in [1.82, 2.24) is 29.9 Å². The van der Waals surface area contributed by atoms with Crippen LogP contribution in [0.5, 0.6) is 69.8 Å². The summed E-state index contributed by atoms with van der Waals surface area (Å²) in [6.45, 7) is 0. The number of rotatable bonds is 36. The number of carbonyl (C=O) groups excluding carboxylic acids is 6. The lowest BCUT2D eigenvalue weighted by Crippen LogP contribution is -2.30. The second-order valence-corrected chi connectivity index (χ2v) is 22.6. The van der Waals surface area contributed by atoms with E-state index in [-0.39, 0.29) is 52.0 Å². The van der Waals surface area contributed by atoms with Gasteiger partial charge in [-0.05, 0) is 36.4 Å². The summed E-state index contributed by atoms with van der Waals surface area (Å²) in [4.78, 5) is 99.6. The molecule has 33 nitrogen and oxygen atoms in total. The second-order valence-electron chi connectivity index (χ2n) is 22.6. The summed E-state index contributed by atoms with van der Waals surface area (Å²) in [6, 6.07) is 45.5. The van der Waals surface area contributed by atoms with Gasteiger partial charge in [-0.3, -0.25) is 14.4 Å². The molecule has 0 N–H and O–H groups in total. The quantitative estimate of drug-likeness (QED) is 0.0116. The van der Waals surface area contributed by atoms with Crippen LogP contribution >= 0.6 is 0 Å². The normalized spacial score (nSPS) is 12.0. The number of hydrogen-bond donors (Lipinski definition) is 0. The van der Waals surface area contributed by atoms with Crippen LogP contribution in [0, 0.1) is 0 Å². The maximum absolute atomic E-state index is 12.6. The number of aromatic nitrogens is 6. The van der Waals surface area contributed by atoms with Gasteiger partial charge in [0, 0.05) is 76.0 Å². The third-order valence-corrected chi connectivity index (χ3v) is 15.9. The van der Waals surface area contributed by atoms with Crippen LogP contribution in [0.4, 0.5) is 0 Å². The molecule has 6 aromatic carbocycles. The van der Waals surface area contributed by atoms with Crippen molar-refractivity contribution in [2.75, 3.05) is 107 Å². The summed E-state index contributed by atoms with van der Waals surface area (Å²) in [5.41, 5.74) is 3.16. The van der Waals surface area contributed by atoms with Crippen LogP contribution in [0.25, 0.3) is 16.7 Å². The molecule has 0 fully saturated rings. The molecule has 0 aliphatic rings. The highest BCUT2D eigenvalue weighted by atomic mass is 16.7. The predicted molar refractivity (Wildman–Crippen MR) is 404 cm³/mol.